The molecular formula is C15H21ClN2O3. The average molecular weight is 313 g/mol. The molecule has 1 aromatic carbocycles. The smallest absolute Gasteiger partial charge is 0.313 e. The van der Waals surface area contributed by atoms with Gasteiger partial charge >= 0.3 is 11.8 Å². The first-order chi connectivity index (χ1) is 9.83. The van der Waals surface area contributed by atoms with Crippen molar-refractivity contribution in [1.82, 2.24) is 5.32 Å². The Balaban J connectivity index is 2.64. The fourth-order valence-electron chi connectivity index (χ4n) is 1.75. The van der Waals surface area contributed by atoms with E-state index in [0.717, 1.165) is 5.56 Å². The van der Waals surface area contributed by atoms with Gasteiger partial charge in [0.1, 0.15) is 0 Å². The molecule has 0 unspecified atom stereocenters. The summed E-state index contributed by atoms with van der Waals surface area (Å²) in [6.07, 6.45) is 0.990. The number of halogens is 1. The number of carbonyl (C=O) groups is 2. The van der Waals surface area contributed by atoms with E-state index in [-0.39, 0.29) is 6.54 Å². The zero-order valence-electron chi connectivity index (χ0n) is 12.5. The first kappa shape index (κ1) is 17.5. The number of carbonyl (C=O) groups excluding carboxylic acids is 2. The van der Waals surface area contributed by atoms with E-state index in [1.54, 1.807) is 25.1 Å². The van der Waals surface area contributed by atoms with Crippen LogP contribution in [0.3, 0.4) is 0 Å². The molecule has 0 radical (unpaired) electrons. The molecule has 0 heterocycles. The Hall–Kier alpha value is -1.59. The van der Waals surface area contributed by atoms with Crippen molar-refractivity contribution >= 4 is 29.1 Å². The van der Waals surface area contributed by atoms with Crippen molar-refractivity contribution in [1.29, 1.82) is 0 Å². The molecule has 0 atom stereocenters. The van der Waals surface area contributed by atoms with E-state index < -0.39 is 17.4 Å². The quantitative estimate of drug-likeness (QED) is 0.730. The Kier molecular flexibility index (Phi) is 6.18. The van der Waals surface area contributed by atoms with Crippen LogP contribution in [-0.2, 0) is 9.59 Å². The van der Waals surface area contributed by atoms with E-state index >= 15 is 0 Å². The first-order valence-corrected chi connectivity index (χ1v) is 7.27. The van der Waals surface area contributed by atoms with Gasteiger partial charge < -0.3 is 15.7 Å². The Morgan fingerprint density at radius 1 is 1.24 bits per heavy atom. The summed E-state index contributed by atoms with van der Waals surface area (Å²) >= 11 is 6.05. The molecule has 0 saturated heterocycles. The molecule has 1 rings (SSSR count). The van der Waals surface area contributed by atoms with Gasteiger partial charge in [-0.25, -0.2) is 0 Å². The number of amides is 2. The number of nitrogens with one attached hydrogen (secondary N) is 2. The van der Waals surface area contributed by atoms with E-state index in [1.165, 1.54) is 0 Å². The lowest BCUT2D eigenvalue weighted by Gasteiger charge is -2.25. The normalized spacial score (nSPS) is 11.1. The Morgan fingerprint density at radius 3 is 2.43 bits per heavy atom. The van der Waals surface area contributed by atoms with Crippen LogP contribution in [0.5, 0.6) is 0 Å². The van der Waals surface area contributed by atoms with Crippen molar-refractivity contribution < 1.29 is 14.7 Å². The summed E-state index contributed by atoms with van der Waals surface area (Å²) in [4.78, 5) is 23.6. The molecule has 0 bridgehead atoms. The minimum absolute atomic E-state index is 0.0355. The summed E-state index contributed by atoms with van der Waals surface area (Å²) in [6.45, 7) is 5.49. The van der Waals surface area contributed by atoms with E-state index in [1.807, 2.05) is 13.8 Å². The van der Waals surface area contributed by atoms with Gasteiger partial charge in [0.2, 0.25) is 0 Å². The molecule has 116 valence electrons. The topological polar surface area (TPSA) is 78.4 Å². The highest BCUT2D eigenvalue weighted by Crippen LogP contribution is 2.24. The van der Waals surface area contributed by atoms with Gasteiger partial charge in [0, 0.05) is 6.54 Å². The highest BCUT2D eigenvalue weighted by molar-refractivity contribution is 6.41. The predicted molar refractivity (Wildman–Crippen MR) is 83.4 cm³/mol. The number of aryl methyl sites for hydroxylation is 1. The number of benzene rings is 1. The highest BCUT2D eigenvalue weighted by atomic mass is 35.5. The third kappa shape index (κ3) is 4.72. The van der Waals surface area contributed by atoms with E-state index in [4.69, 9.17) is 11.6 Å². The molecule has 0 fully saturated rings. The lowest BCUT2D eigenvalue weighted by Crippen LogP contribution is -2.45. The van der Waals surface area contributed by atoms with Gasteiger partial charge in [-0.3, -0.25) is 9.59 Å². The number of anilines is 1. The van der Waals surface area contributed by atoms with Crippen LogP contribution >= 0.6 is 11.6 Å². The van der Waals surface area contributed by atoms with E-state index in [9.17, 15) is 14.7 Å². The summed E-state index contributed by atoms with van der Waals surface area (Å²) in [5.74, 6) is -1.61. The largest absolute Gasteiger partial charge is 0.388 e. The van der Waals surface area contributed by atoms with Crippen molar-refractivity contribution in [3.8, 4) is 0 Å². The van der Waals surface area contributed by atoms with E-state index in [2.05, 4.69) is 10.6 Å². The zero-order chi connectivity index (χ0) is 16.0. The molecule has 0 saturated carbocycles. The second-order valence-corrected chi connectivity index (χ2v) is 5.38. The molecule has 1 aromatic rings. The lowest BCUT2D eigenvalue weighted by molar-refractivity contribution is -0.136. The van der Waals surface area contributed by atoms with Crippen LogP contribution in [0.15, 0.2) is 18.2 Å². The molecule has 2 amide bonds. The van der Waals surface area contributed by atoms with Gasteiger partial charge in [-0.15, -0.1) is 0 Å². The van der Waals surface area contributed by atoms with Crippen LogP contribution in [0.1, 0.15) is 32.3 Å². The summed E-state index contributed by atoms with van der Waals surface area (Å²) in [5, 5.41) is 15.4. The van der Waals surface area contributed by atoms with Crippen LogP contribution < -0.4 is 10.6 Å². The molecule has 0 aliphatic rings. The van der Waals surface area contributed by atoms with Gasteiger partial charge in [-0.2, -0.15) is 0 Å². The maximum absolute atomic E-state index is 11.8. The van der Waals surface area contributed by atoms with Gasteiger partial charge in [-0.1, -0.05) is 37.6 Å². The predicted octanol–water partition coefficient (Wildman–Crippen LogP) is 2.25. The molecule has 3 N–H and O–H groups in total. The lowest BCUT2D eigenvalue weighted by atomic mass is 9.98. The Labute approximate surface area is 129 Å². The van der Waals surface area contributed by atoms with E-state index in [0.29, 0.717) is 23.6 Å². The van der Waals surface area contributed by atoms with Gasteiger partial charge in [0.25, 0.3) is 0 Å². The fourth-order valence-corrected chi connectivity index (χ4v) is 1.92. The van der Waals surface area contributed by atoms with Crippen molar-refractivity contribution in [2.45, 2.75) is 39.2 Å². The maximum atomic E-state index is 11.8. The third-order valence-corrected chi connectivity index (χ3v) is 4.04. The Bertz CT molecular complexity index is 528. The Morgan fingerprint density at radius 2 is 1.86 bits per heavy atom. The average Bonchev–Trinajstić information content (AvgIpc) is 2.49. The third-order valence-electron chi connectivity index (χ3n) is 3.54. The summed E-state index contributed by atoms with van der Waals surface area (Å²) < 4.78 is 0. The first-order valence-electron chi connectivity index (χ1n) is 6.89. The summed E-state index contributed by atoms with van der Waals surface area (Å²) in [7, 11) is 0. The van der Waals surface area contributed by atoms with Crippen molar-refractivity contribution in [3.05, 3.63) is 28.8 Å². The zero-order valence-corrected chi connectivity index (χ0v) is 13.3. The summed E-state index contributed by atoms with van der Waals surface area (Å²) in [5.41, 5.74) is 0.205. The molecule has 0 aliphatic heterocycles. The molecule has 6 heteroatoms. The summed E-state index contributed by atoms with van der Waals surface area (Å²) in [6, 6.07) is 5.16. The van der Waals surface area contributed by atoms with Crippen LogP contribution in [-0.4, -0.2) is 29.1 Å². The second-order valence-electron chi connectivity index (χ2n) is 5.00. The SMILES string of the molecule is CCC(O)(CC)CNC(=O)C(=O)Nc1cccc(C)c1Cl. The fraction of sp³-hybridized carbons (Fsp3) is 0.467. The van der Waals surface area contributed by atoms with Crippen LogP contribution in [0.25, 0.3) is 0 Å². The van der Waals surface area contributed by atoms with Gasteiger partial charge in [-0.05, 0) is 31.4 Å². The second kappa shape index (κ2) is 7.43. The molecular weight excluding hydrogens is 292 g/mol. The number of hydrogen-bond acceptors (Lipinski definition) is 3. The number of rotatable bonds is 5. The van der Waals surface area contributed by atoms with Crippen molar-refractivity contribution in [2.75, 3.05) is 11.9 Å². The maximum Gasteiger partial charge on any atom is 0.313 e. The highest BCUT2D eigenvalue weighted by Gasteiger charge is 2.24. The van der Waals surface area contributed by atoms with Gasteiger partial charge in [0.05, 0.1) is 16.3 Å². The molecule has 0 aromatic heterocycles. The minimum atomic E-state index is -0.989. The molecule has 5 nitrogen and oxygen atoms in total. The van der Waals surface area contributed by atoms with Gasteiger partial charge in [0.15, 0.2) is 0 Å². The minimum Gasteiger partial charge on any atom is -0.388 e. The van der Waals surface area contributed by atoms with Crippen LogP contribution in [0.4, 0.5) is 5.69 Å². The van der Waals surface area contributed by atoms with Crippen LogP contribution in [0, 0.1) is 6.92 Å². The van der Waals surface area contributed by atoms with Crippen LogP contribution in [0.2, 0.25) is 5.02 Å². The molecule has 0 spiro atoms. The monoisotopic (exact) mass is 312 g/mol. The molecule has 0 aliphatic carbocycles. The van der Waals surface area contributed by atoms with Crippen molar-refractivity contribution in [3.63, 3.8) is 0 Å². The standard InChI is InChI=1S/C15H21ClN2O3/c1-4-15(21,5-2)9-17-13(19)14(20)18-11-8-6-7-10(3)12(11)16/h6-8,21H,4-5,9H2,1-3H3,(H,17,19)(H,18,20). The van der Waals surface area contributed by atoms with Crippen molar-refractivity contribution in [2.24, 2.45) is 0 Å². The number of hydrogen-bond donors (Lipinski definition) is 3. The number of aliphatic hydroxyl groups is 1. The molecule has 21 heavy (non-hydrogen) atoms.